The summed E-state index contributed by atoms with van der Waals surface area (Å²) in [6.45, 7) is 1.74. The number of hydrogen-bond donors (Lipinski definition) is 1. The van der Waals surface area contributed by atoms with E-state index in [2.05, 4.69) is 27.8 Å². The maximum atomic E-state index is 5.13. The number of nitrogens with one attached hydrogen (secondary N) is 1. The summed E-state index contributed by atoms with van der Waals surface area (Å²) in [5.41, 5.74) is 0.997. The van der Waals surface area contributed by atoms with Crippen molar-refractivity contribution in [2.24, 2.45) is 0 Å². The molecule has 0 radical (unpaired) electrons. The van der Waals surface area contributed by atoms with Crippen LogP contribution < -0.4 is 10.1 Å². The van der Waals surface area contributed by atoms with Gasteiger partial charge in [-0.1, -0.05) is 5.21 Å². The Morgan fingerprint density at radius 3 is 2.79 bits per heavy atom. The molecule has 0 aliphatic heterocycles. The van der Waals surface area contributed by atoms with Crippen molar-refractivity contribution in [2.45, 2.75) is 17.2 Å². The van der Waals surface area contributed by atoms with E-state index in [1.807, 2.05) is 30.1 Å². The Balaban J connectivity index is 1.85. The minimum atomic E-state index is 0.825. The lowest BCUT2D eigenvalue weighted by Gasteiger charge is -2.01. The van der Waals surface area contributed by atoms with Crippen LogP contribution in [0.1, 0.15) is 5.69 Å². The average molecular weight is 278 g/mol. The summed E-state index contributed by atoms with van der Waals surface area (Å²) in [6.07, 6.45) is 1.99. The molecule has 5 nitrogen and oxygen atoms in total. The second-order valence-corrected chi connectivity index (χ2v) is 5.09. The first-order valence-corrected chi connectivity index (χ1v) is 7.11. The largest absolute Gasteiger partial charge is 0.497 e. The lowest BCUT2D eigenvalue weighted by Crippen LogP contribution is -2.15. The number of rotatable bonds is 7. The average Bonchev–Trinajstić information content (AvgIpc) is 2.91. The van der Waals surface area contributed by atoms with Crippen LogP contribution in [0.5, 0.6) is 5.75 Å². The third-order valence-electron chi connectivity index (χ3n) is 2.62. The zero-order chi connectivity index (χ0) is 13.5. The van der Waals surface area contributed by atoms with Crippen molar-refractivity contribution in [1.82, 2.24) is 20.3 Å². The lowest BCUT2D eigenvalue weighted by atomic mass is 10.3. The van der Waals surface area contributed by atoms with Crippen LogP contribution in [-0.4, -0.2) is 35.7 Å². The first-order chi connectivity index (χ1) is 9.31. The molecule has 2 aromatic rings. The highest BCUT2D eigenvalue weighted by Gasteiger charge is 2.02. The van der Waals surface area contributed by atoms with Crippen LogP contribution in [0.2, 0.25) is 0 Å². The van der Waals surface area contributed by atoms with Gasteiger partial charge in [-0.2, -0.15) is 0 Å². The van der Waals surface area contributed by atoms with E-state index in [1.165, 1.54) is 4.90 Å². The molecule has 102 valence electrons. The van der Waals surface area contributed by atoms with Crippen molar-refractivity contribution in [3.8, 4) is 5.75 Å². The standard InChI is InChI=1S/C13H18N4OS/c1-14-7-8-17-9-11(15-16-17)10-19-13-5-3-12(18-2)4-6-13/h3-6,9,14H,7-8,10H2,1-2H3. The molecular weight excluding hydrogens is 260 g/mol. The summed E-state index contributed by atoms with van der Waals surface area (Å²) >= 11 is 1.74. The Labute approximate surface area is 117 Å². The van der Waals surface area contributed by atoms with Crippen molar-refractivity contribution < 1.29 is 4.74 Å². The van der Waals surface area contributed by atoms with Crippen LogP contribution in [0.4, 0.5) is 0 Å². The smallest absolute Gasteiger partial charge is 0.118 e. The molecule has 0 fully saturated rings. The van der Waals surface area contributed by atoms with Gasteiger partial charge in [0.1, 0.15) is 5.75 Å². The fourth-order valence-corrected chi connectivity index (χ4v) is 2.34. The summed E-state index contributed by atoms with van der Waals surface area (Å²) in [6, 6.07) is 8.03. The van der Waals surface area contributed by atoms with Crippen LogP contribution in [0, 0.1) is 0 Å². The third kappa shape index (κ3) is 4.25. The second-order valence-electron chi connectivity index (χ2n) is 4.04. The molecule has 0 amide bonds. The van der Waals surface area contributed by atoms with Gasteiger partial charge in [0, 0.05) is 23.4 Å². The summed E-state index contributed by atoms with van der Waals surface area (Å²) in [5.74, 6) is 1.70. The van der Waals surface area contributed by atoms with Gasteiger partial charge in [0.2, 0.25) is 0 Å². The van der Waals surface area contributed by atoms with Crippen molar-refractivity contribution in [1.29, 1.82) is 0 Å². The zero-order valence-electron chi connectivity index (χ0n) is 11.2. The van der Waals surface area contributed by atoms with Gasteiger partial charge in [-0.15, -0.1) is 16.9 Å². The van der Waals surface area contributed by atoms with E-state index in [0.29, 0.717) is 0 Å². The number of aromatic nitrogens is 3. The third-order valence-corrected chi connectivity index (χ3v) is 3.67. The summed E-state index contributed by atoms with van der Waals surface area (Å²) < 4.78 is 6.99. The summed E-state index contributed by atoms with van der Waals surface area (Å²) in [7, 11) is 3.60. The number of ether oxygens (including phenoxy) is 1. The second kappa shape index (κ2) is 7.16. The van der Waals surface area contributed by atoms with E-state index in [-0.39, 0.29) is 0 Å². The fourth-order valence-electron chi connectivity index (χ4n) is 1.57. The molecule has 0 aliphatic carbocycles. The van der Waals surface area contributed by atoms with Crippen LogP contribution in [0.3, 0.4) is 0 Å². The normalized spacial score (nSPS) is 10.6. The molecule has 1 aromatic heterocycles. The SMILES string of the molecule is CNCCn1cc(CSc2ccc(OC)cc2)nn1. The molecular formula is C13H18N4OS. The highest BCUT2D eigenvalue weighted by Crippen LogP contribution is 2.23. The van der Waals surface area contributed by atoms with E-state index in [1.54, 1.807) is 18.9 Å². The minimum absolute atomic E-state index is 0.825. The molecule has 6 heteroatoms. The maximum absolute atomic E-state index is 5.13. The van der Waals surface area contributed by atoms with E-state index in [4.69, 9.17) is 4.74 Å². The van der Waals surface area contributed by atoms with Gasteiger partial charge in [-0.3, -0.25) is 4.68 Å². The lowest BCUT2D eigenvalue weighted by molar-refractivity contribution is 0.414. The van der Waals surface area contributed by atoms with E-state index in [0.717, 1.165) is 30.3 Å². The number of thioether (sulfide) groups is 1. The van der Waals surface area contributed by atoms with Gasteiger partial charge in [0.05, 0.1) is 19.3 Å². The number of benzene rings is 1. The van der Waals surface area contributed by atoms with Gasteiger partial charge < -0.3 is 10.1 Å². The molecule has 19 heavy (non-hydrogen) atoms. The highest BCUT2D eigenvalue weighted by molar-refractivity contribution is 7.98. The molecule has 0 atom stereocenters. The molecule has 1 N–H and O–H groups in total. The Hall–Kier alpha value is -1.53. The van der Waals surface area contributed by atoms with Crippen molar-refractivity contribution in [3.63, 3.8) is 0 Å². The molecule has 1 aromatic carbocycles. The Bertz CT molecular complexity index is 498. The molecule has 1 heterocycles. The Kier molecular flexibility index (Phi) is 5.23. The van der Waals surface area contributed by atoms with Crippen LogP contribution >= 0.6 is 11.8 Å². The molecule has 0 spiro atoms. The topological polar surface area (TPSA) is 52.0 Å². The summed E-state index contributed by atoms with van der Waals surface area (Å²) in [5, 5.41) is 11.3. The zero-order valence-corrected chi connectivity index (χ0v) is 12.0. The Morgan fingerprint density at radius 2 is 2.11 bits per heavy atom. The van der Waals surface area contributed by atoms with Crippen LogP contribution in [0.15, 0.2) is 35.4 Å². The van der Waals surface area contributed by atoms with E-state index >= 15 is 0 Å². The number of methoxy groups -OCH3 is 1. The molecule has 0 unspecified atom stereocenters. The first-order valence-electron chi connectivity index (χ1n) is 6.12. The highest BCUT2D eigenvalue weighted by atomic mass is 32.2. The van der Waals surface area contributed by atoms with Crippen LogP contribution in [-0.2, 0) is 12.3 Å². The Morgan fingerprint density at radius 1 is 1.32 bits per heavy atom. The molecule has 0 saturated heterocycles. The van der Waals surface area contributed by atoms with Crippen molar-refractivity contribution >= 4 is 11.8 Å². The predicted octanol–water partition coefficient (Wildman–Crippen LogP) is 1.80. The minimum Gasteiger partial charge on any atom is -0.497 e. The first kappa shape index (κ1) is 13.9. The van der Waals surface area contributed by atoms with Gasteiger partial charge in [0.15, 0.2) is 0 Å². The van der Waals surface area contributed by atoms with Gasteiger partial charge in [0.25, 0.3) is 0 Å². The molecule has 2 rings (SSSR count). The number of likely N-dealkylation sites (N-methyl/N-ethyl adjacent to an activating group) is 1. The van der Waals surface area contributed by atoms with Crippen molar-refractivity contribution in [3.05, 3.63) is 36.2 Å². The molecule has 0 bridgehead atoms. The number of nitrogens with zero attached hydrogens (tertiary/aromatic N) is 3. The van der Waals surface area contributed by atoms with Crippen molar-refractivity contribution in [2.75, 3.05) is 20.7 Å². The number of hydrogen-bond acceptors (Lipinski definition) is 5. The maximum Gasteiger partial charge on any atom is 0.118 e. The van der Waals surface area contributed by atoms with Gasteiger partial charge >= 0.3 is 0 Å². The van der Waals surface area contributed by atoms with Gasteiger partial charge in [-0.05, 0) is 31.3 Å². The molecule has 0 aliphatic rings. The van der Waals surface area contributed by atoms with E-state index in [9.17, 15) is 0 Å². The van der Waals surface area contributed by atoms with E-state index < -0.39 is 0 Å². The predicted molar refractivity (Wildman–Crippen MR) is 76.5 cm³/mol. The summed E-state index contributed by atoms with van der Waals surface area (Å²) in [4.78, 5) is 1.20. The molecule has 0 saturated carbocycles. The van der Waals surface area contributed by atoms with Gasteiger partial charge in [-0.25, -0.2) is 0 Å². The van der Waals surface area contributed by atoms with Crippen LogP contribution in [0.25, 0.3) is 0 Å². The monoisotopic (exact) mass is 278 g/mol. The quantitative estimate of drug-likeness (QED) is 0.783. The fraction of sp³-hybridized carbons (Fsp3) is 0.385.